The molecule has 2 amide bonds. The van der Waals surface area contributed by atoms with Crippen molar-refractivity contribution in [3.8, 4) is 17.9 Å². The van der Waals surface area contributed by atoms with E-state index in [1.165, 1.54) is 4.90 Å². The number of aromatic nitrogens is 2. The van der Waals surface area contributed by atoms with Gasteiger partial charge in [0.1, 0.15) is 18.0 Å². The number of rotatable bonds is 6. The number of benzene rings is 1. The lowest BCUT2D eigenvalue weighted by atomic mass is 9.86. The number of anilines is 3. The number of hydrogen-bond donors (Lipinski definition) is 3. The molecule has 1 heterocycles. The molecule has 1 fully saturated rings. The van der Waals surface area contributed by atoms with Gasteiger partial charge >= 0.3 is 6.09 Å². The normalized spacial score (nSPS) is 16.7. The van der Waals surface area contributed by atoms with Gasteiger partial charge in [0.25, 0.3) is 0 Å². The van der Waals surface area contributed by atoms with E-state index in [9.17, 15) is 9.59 Å². The molecule has 1 aliphatic carbocycles. The van der Waals surface area contributed by atoms with Crippen molar-refractivity contribution in [1.29, 1.82) is 5.26 Å². The lowest BCUT2D eigenvalue weighted by molar-refractivity contribution is -0.123. The first-order valence-electron chi connectivity index (χ1n) is 12.6. The summed E-state index contributed by atoms with van der Waals surface area (Å²) in [6.45, 7) is 5.30. The molecule has 2 atom stereocenters. The topological polar surface area (TPSA) is 132 Å². The smallest absolute Gasteiger partial charge is 0.410 e. The number of likely N-dealkylation sites (N-methyl/N-ethyl adjacent to an activating group) is 1. The number of amides is 2. The highest BCUT2D eigenvalue weighted by molar-refractivity contribution is 5.82. The summed E-state index contributed by atoms with van der Waals surface area (Å²) in [5, 5.41) is 18.3. The van der Waals surface area contributed by atoms with Crippen molar-refractivity contribution in [2.75, 3.05) is 31.3 Å². The average Bonchev–Trinajstić information content (AvgIpc) is 2.87. The van der Waals surface area contributed by atoms with Gasteiger partial charge in [-0.25, -0.2) is 9.78 Å². The van der Waals surface area contributed by atoms with Crippen LogP contribution in [0.1, 0.15) is 57.6 Å². The minimum absolute atomic E-state index is 0.00152. The first-order valence-corrected chi connectivity index (χ1v) is 12.6. The number of nitrogens with zero attached hydrogens (tertiary/aromatic N) is 4. The summed E-state index contributed by atoms with van der Waals surface area (Å²) in [6, 6.07) is 9.19. The Morgan fingerprint density at radius 3 is 2.76 bits per heavy atom. The van der Waals surface area contributed by atoms with Crippen LogP contribution in [0.2, 0.25) is 0 Å². The molecule has 3 N–H and O–H groups in total. The highest BCUT2D eigenvalue weighted by Gasteiger charge is 2.25. The van der Waals surface area contributed by atoms with Gasteiger partial charge in [0.15, 0.2) is 0 Å². The molecule has 1 aromatic carbocycles. The van der Waals surface area contributed by atoms with Crippen LogP contribution < -0.4 is 16.0 Å². The Morgan fingerprint density at radius 1 is 1.26 bits per heavy atom. The summed E-state index contributed by atoms with van der Waals surface area (Å²) in [5.41, 5.74) is 1.32. The van der Waals surface area contributed by atoms with E-state index in [-0.39, 0.29) is 24.4 Å². The predicted molar refractivity (Wildman–Crippen MR) is 146 cm³/mol. The van der Waals surface area contributed by atoms with E-state index < -0.39 is 11.7 Å². The van der Waals surface area contributed by atoms with Crippen LogP contribution in [0.15, 0.2) is 30.5 Å². The van der Waals surface area contributed by atoms with E-state index in [0.717, 1.165) is 31.4 Å². The maximum absolute atomic E-state index is 12.5. The van der Waals surface area contributed by atoms with Crippen molar-refractivity contribution in [3.05, 3.63) is 41.6 Å². The summed E-state index contributed by atoms with van der Waals surface area (Å²) < 4.78 is 5.30. The van der Waals surface area contributed by atoms with Crippen LogP contribution >= 0.6 is 0 Å². The molecule has 1 aromatic heterocycles. The van der Waals surface area contributed by atoms with Crippen molar-refractivity contribution in [2.45, 2.75) is 58.1 Å². The van der Waals surface area contributed by atoms with E-state index >= 15 is 0 Å². The summed E-state index contributed by atoms with van der Waals surface area (Å²) in [5.74, 6) is 7.41. The maximum Gasteiger partial charge on any atom is 0.410 e. The van der Waals surface area contributed by atoms with Gasteiger partial charge < -0.3 is 25.6 Å². The third kappa shape index (κ3) is 8.67. The second-order valence-electron chi connectivity index (χ2n) is 10.3. The number of nitriles is 1. The number of nitrogens with one attached hydrogen (secondary N) is 3. The van der Waals surface area contributed by atoms with Crippen LogP contribution in [-0.2, 0) is 9.53 Å². The van der Waals surface area contributed by atoms with E-state index in [2.05, 4.69) is 43.8 Å². The molecule has 10 heteroatoms. The summed E-state index contributed by atoms with van der Waals surface area (Å²) in [4.78, 5) is 34.8. The fraction of sp³-hybridized carbons (Fsp3) is 0.464. The molecule has 38 heavy (non-hydrogen) atoms. The molecule has 3 rings (SSSR count). The van der Waals surface area contributed by atoms with Gasteiger partial charge in [-0.15, -0.1) is 0 Å². The lowest BCUT2D eigenvalue weighted by Crippen LogP contribution is -2.45. The highest BCUT2D eigenvalue weighted by atomic mass is 16.6. The Bertz CT molecular complexity index is 1250. The largest absolute Gasteiger partial charge is 0.444 e. The molecule has 0 bridgehead atoms. The molecular weight excluding hydrogens is 482 g/mol. The standard InChI is InChI=1S/C28H35N7O3/c1-28(2,3)38-27(37)35(5)18-24(36)32-22-10-6-8-19(14-22)12-13-21-17-31-26(34-25(21)30-4)33-23-11-7-9-20(15-23)16-29/h7,9,11,15,17,19,22H,6,8,10,14,18H2,1-5H3,(H,32,36)(H2,30,31,33,34)/t19-,22-/m0/s1. The van der Waals surface area contributed by atoms with Crippen molar-refractivity contribution >= 4 is 29.5 Å². The lowest BCUT2D eigenvalue weighted by Gasteiger charge is -2.28. The van der Waals surface area contributed by atoms with Crippen LogP contribution in [0, 0.1) is 29.1 Å². The molecule has 0 unspecified atom stereocenters. The quantitative estimate of drug-likeness (QED) is 0.490. The van der Waals surface area contributed by atoms with Gasteiger partial charge in [0.2, 0.25) is 11.9 Å². The second-order valence-corrected chi connectivity index (χ2v) is 10.3. The van der Waals surface area contributed by atoms with Crippen LogP contribution in [0.5, 0.6) is 0 Å². The van der Waals surface area contributed by atoms with Gasteiger partial charge in [0.05, 0.1) is 23.4 Å². The van der Waals surface area contributed by atoms with Crippen molar-refractivity contribution in [3.63, 3.8) is 0 Å². The summed E-state index contributed by atoms with van der Waals surface area (Å²) in [6.07, 6.45) is 4.64. The third-order valence-electron chi connectivity index (χ3n) is 5.81. The highest BCUT2D eigenvalue weighted by Crippen LogP contribution is 2.24. The van der Waals surface area contributed by atoms with Crippen molar-refractivity contribution in [1.82, 2.24) is 20.2 Å². The Hall–Kier alpha value is -4.31. The monoisotopic (exact) mass is 517 g/mol. The Morgan fingerprint density at radius 2 is 2.05 bits per heavy atom. The SMILES string of the molecule is CNc1nc(Nc2cccc(C#N)c2)ncc1C#C[C@@H]1CCC[C@H](NC(=O)CN(C)C(=O)OC(C)(C)C)C1. The molecule has 1 aliphatic rings. The fourth-order valence-corrected chi connectivity index (χ4v) is 4.04. The Labute approximate surface area is 224 Å². The molecule has 1 saturated carbocycles. The minimum Gasteiger partial charge on any atom is -0.444 e. The maximum atomic E-state index is 12.5. The molecule has 2 aromatic rings. The van der Waals surface area contributed by atoms with Crippen LogP contribution in [0.4, 0.5) is 22.2 Å². The molecule has 0 aliphatic heterocycles. The van der Waals surface area contributed by atoms with E-state index in [0.29, 0.717) is 22.9 Å². The second kappa shape index (κ2) is 12.8. The molecular formula is C28H35N7O3. The van der Waals surface area contributed by atoms with Gasteiger partial charge in [-0.1, -0.05) is 24.3 Å². The number of carbonyl (C=O) groups excluding carboxylic acids is 2. The predicted octanol–water partition coefficient (Wildman–Crippen LogP) is 4.03. The summed E-state index contributed by atoms with van der Waals surface area (Å²) >= 11 is 0. The van der Waals surface area contributed by atoms with Gasteiger partial charge in [0, 0.05) is 31.7 Å². The van der Waals surface area contributed by atoms with Crippen LogP contribution in [0.3, 0.4) is 0 Å². The molecule has 0 saturated heterocycles. The molecule has 10 nitrogen and oxygen atoms in total. The van der Waals surface area contributed by atoms with Gasteiger partial charge in [-0.2, -0.15) is 10.2 Å². The van der Waals surface area contributed by atoms with E-state index in [1.54, 1.807) is 59.3 Å². The first kappa shape index (κ1) is 28.3. The number of carbonyl (C=O) groups is 2. The van der Waals surface area contributed by atoms with Crippen molar-refractivity contribution in [2.24, 2.45) is 5.92 Å². The first-order chi connectivity index (χ1) is 18.1. The summed E-state index contributed by atoms with van der Waals surface area (Å²) in [7, 11) is 3.32. The zero-order valence-corrected chi connectivity index (χ0v) is 22.6. The fourth-order valence-electron chi connectivity index (χ4n) is 4.04. The Kier molecular flexibility index (Phi) is 9.50. The zero-order chi connectivity index (χ0) is 27.7. The third-order valence-corrected chi connectivity index (χ3v) is 5.81. The average molecular weight is 518 g/mol. The number of hydrogen-bond acceptors (Lipinski definition) is 8. The molecule has 0 spiro atoms. The van der Waals surface area contributed by atoms with Gasteiger partial charge in [-0.05, 0) is 58.2 Å². The van der Waals surface area contributed by atoms with Gasteiger partial charge in [-0.3, -0.25) is 4.79 Å². The molecule has 200 valence electrons. The Balaban J connectivity index is 1.58. The van der Waals surface area contributed by atoms with Crippen LogP contribution in [0.25, 0.3) is 0 Å². The van der Waals surface area contributed by atoms with E-state index in [4.69, 9.17) is 10.00 Å². The van der Waals surface area contributed by atoms with Crippen LogP contribution in [-0.4, -0.2) is 59.2 Å². The number of ether oxygens (including phenoxy) is 1. The van der Waals surface area contributed by atoms with E-state index in [1.807, 2.05) is 6.07 Å². The van der Waals surface area contributed by atoms with Crippen molar-refractivity contribution < 1.29 is 14.3 Å². The molecule has 0 radical (unpaired) electrons. The minimum atomic E-state index is -0.615. The zero-order valence-electron chi connectivity index (χ0n) is 22.6.